The molecule has 3 aromatic rings. The summed E-state index contributed by atoms with van der Waals surface area (Å²) in [5.41, 5.74) is 1.23. The number of carbonyl (C=O) groups is 1. The second-order valence-electron chi connectivity index (χ2n) is 6.99. The normalized spacial score (nSPS) is 15.3. The number of aromatic nitrogens is 1. The van der Waals surface area contributed by atoms with Crippen molar-refractivity contribution in [2.75, 3.05) is 12.4 Å². The molecule has 1 atom stereocenters. The lowest BCUT2D eigenvalue weighted by Gasteiger charge is -2.38. The highest BCUT2D eigenvalue weighted by atomic mass is 32.1. The maximum absolute atomic E-state index is 13.2. The van der Waals surface area contributed by atoms with E-state index in [4.69, 9.17) is 9.47 Å². The highest BCUT2D eigenvalue weighted by Crippen LogP contribution is 2.52. The van der Waals surface area contributed by atoms with Crippen LogP contribution < -0.4 is 14.8 Å². The minimum absolute atomic E-state index is 0.0825. The fraction of sp³-hybridized carbons (Fsp3) is 0.238. The molecule has 1 aliphatic heterocycles. The van der Waals surface area contributed by atoms with E-state index < -0.39 is 5.41 Å². The standard InChI is InChI=1S/C21H20N2O3S/c1-21(2,19(24)23-20-22-10-11-27-20)18-14-6-4-5-7-16(14)26-17-12-13(25-3)8-9-15(17)18/h4-12,18H,1-3H3,(H,22,23,24). The number of amides is 1. The van der Waals surface area contributed by atoms with Gasteiger partial charge in [-0.3, -0.25) is 4.79 Å². The van der Waals surface area contributed by atoms with Gasteiger partial charge in [0, 0.05) is 34.7 Å². The summed E-state index contributed by atoms with van der Waals surface area (Å²) in [6, 6.07) is 13.6. The topological polar surface area (TPSA) is 60.5 Å². The molecule has 0 aliphatic carbocycles. The minimum Gasteiger partial charge on any atom is -0.497 e. The summed E-state index contributed by atoms with van der Waals surface area (Å²) in [5, 5.41) is 5.39. The van der Waals surface area contributed by atoms with Gasteiger partial charge in [-0.15, -0.1) is 11.3 Å². The number of anilines is 1. The Morgan fingerprint density at radius 3 is 2.70 bits per heavy atom. The minimum atomic E-state index is -0.727. The molecular weight excluding hydrogens is 360 g/mol. The van der Waals surface area contributed by atoms with Crippen LogP contribution in [0, 0.1) is 5.41 Å². The molecule has 1 amide bonds. The van der Waals surface area contributed by atoms with E-state index in [1.54, 1.807) is 13.3 Å². The molecular formula is C21H20N2O3S. The molecule has 1 aliphatic rings. The monoisotopic (exact) mass is 380 g/mol. The predicted molar refractivity (Wildman–Crippen MR) is 106 cm³/mol. The van der Waals surface area contributed by atoms with Crippen molar-refractivity contribution in [2.24, 2.45) is 5.41 Å². The van der Waals surface area contributed by atoms with Crippen LogP contribution >= 0.6 is 11.3 Å². The molecule has 6 heteroatoms. The van der Waals surface area contributed by atoms with E-state index in [0.717, 1.165) is 22.6 Å². The van der Waals surface area contributed by atoms with Crippen molar-refractivity contribution < 1.29 is 14.3 Å². The van der Waals surface area contributed by atoms with E-state index in [9.17, 15) is 4.79 Å². The van der Waals surface area contributed by atoms with Gasteiger partial charge in [0.25, 0.3) is 0 Å². The van der Waals surface area contributed by atoms with E-state index in [2.05, 4.69) is 10.3 Å². The molecule has 0 saturated carbocycles. The zero-order valence-electron chi connectivity index (χ0n) is 15.4. The number of ether oxygens (including phenoxy) is 2. The van der Waals surface area contributed by atoms with Crippen LogP contribution in [0.25, 0.3) is 0 Å². The molecule has 2 heterocycles. The van der Waals surface area contributed by atoms with Crippen LogP contribution in [0.15, 0.2) is 54.0 Å². The summed E-state index contributed by atoms with van der Waals surface area (Å²) in [6.45, 7) is 3.91. The quantitative estimate of drug-likeness (QED) is 0.688. The summed E-state index contributed by atoms with van der Waals surface area (Å²) in [4.78, 5) is 17.3. The van der Waals surface area contributed by atoms with Crippen LogP contribution in [0.3, 0.4) is 0 Å². The number of nitrogens with one attached hydrogen (secondary N) is 1. The summed E-state index contributed by atoms with van der Waals surface area (Å²) in [7, 11) is 1.63. The van der Waals surface area contributed by atoms with E-state index in [-0.39, 0.29) is 11.8 Å². The van der Waals surface area contributed by atoms with Gasteiger partial charge in [0.05, 0.1) is 12.5 Å². The first-order valence-corrected chi connectivity index (χ1v) is 9.54. The largest absolute Gasteiger partial charge is 0.497 e. The third-order valence-corrected chi connectivity index (χ3v) is 5.63. The molecule has 2 aromatic carbocycles. The molecule has 27 heavy (non-hydrogen) atoms. The number of carbonyl (C=O) groups excluding carboxylic acids is 1. The number of hydrogen-bond donors (Lipinski definition) is 1. The SMILES string of the molecule is COc1ccc2c(c1)Oc1ccccc1C2C(C)(C)C(=O)Nc1nccs1. The summed E-state index contributed by atoms with van der Waals surface area (Å²) in [6.07, 6.45) is 1.68. The maximum atomic E-state index is 13.2. The number of benzene rings is 2. The van der Waals surface area contributed by atoms with Crippen molar-refractivity contribution in [3.8, 4) is 17.2 Å². The molecule has 0 radical (unpaired) electrons. The number of methoxy groups -OCH3 is 1. The molecule has 1 unspecified atom stereocenters. The van der Waals surface area contributed by atoms with Gasteiger partial charge in [-0.2, -0.15) is 0 Å². The molecule has 1 aromatic heterocycles. The van der Waals surface area contributed by atoms with Crippen molar-refractivity contribution in [1.82, 2.24) is 4.98 Å². The zero-order chi connectivity index (χ0) is 19.0. The molecule has 0 bridgehead atoms. The Hall–Kier alpha value is -2.86. The third kappa shape index (κ3) is 3.06. The highest BCUT2D eigenvalue weighted by Gasteiger charge is 2.43. The third-order valence-electron chi connectivity index (χ3n) is 4.94. The van der Waals surface area contributed by atoms with Gasteiger partial charge in [0.15, 0.2) is 5.13 Å². The second kappa shape index (κ2) is 6.70. The average molecular weight is 380 g/mol. The number of para-hydroxylation sites is 1. The van der Waals surface area contributed by atoms with E-state index >= 15 is 0 Å². The van der Waals surface area contributed by atoms with Crippen LogP contribution in [0.5, 0.6) is 17.2 Å². The molecule has 1 N–H and O–H groups in total. The fourth-order valence-electron chi connectivity index (χ4n) is 3.52. The van der Waals surface area contributed by atoms with Gasteiger partial charge in [-0.05, 0) is 12.1 Å². The Balaban J connectivity index is 1.80. The lowest BCUT2D eigenvalue weighted by Crippen LogP contribution is -2.38. The van der Waals surface area contributed by atoms with Crippen LogP contribution in [0.1, 0.15) is 30.9 Å². The van der Waals surface area contributed by atoms with Crippen LogP contribution in [0.4, 0.5) is 5.13 Å². The molecule has 138 valence electrons. The number of nitrogens with zero attached hydrogens (tertiary/aromatic N) is 1. The van der Waals surface area contributed by atoms with Crippen molar-refractivity contribution in [3.05, 3.63) is 65.2 Å². The molecule has 0 fully saturated rings. The first-order valence-electron chi connectivity index (χ1n) is 8.66. The Morgan fingerprint density at radius 2 is 1.96 bits per heavy atom. The zero-order valence-corrected chi connectivity index (χ0v) is 16.2. The van der Waals surface area contributed by atoms with Gasteiger partial charge < -0.3 is 14.8 Å². The highest BCUT2D eigenvalue weighted by molar-refractivity contribution is 7.13. The van der Waals surface area contributed by atoms with Crippen LogP contribution in [0.2, 0.25) is 0 Å². The summed E-state index contributed by atoms with van der Waals surface area (Å²) < 4.78 is 11.4. The molecule has 4 rings (SSSR count). The number of hydrogen-bond acceptors (Lipinski definition) is 5. The fourth-order valence-corrected chi connectivity index (χ4v) is 4.04. The van der Waals surface area contributed by atoms with Gasteiger partial charge in [0.1, 0.15) is 17.2 Å². The van der Waals surface area contributed by atoms with Crippen molar-refractivity contribution in [2.45, 2.75) is 19.8 Å². The first-order chi connectivity index (χ1) is 13.0. The average Bonchev–Trinajstić information content (AvgIpc) is 3.18. The van der Waals surface area contributed by atoms with Crippen molar-refractivity contribution in [3.63, 3.8) is 0 Å². The number of fused-ring (bicyclic) bond motifs is 2. The predicted octanol–water partition coefficient (Wildman–Crippen LogP) is 5.05. The van der Waals surface area contributed by atoms with Gasteiger partial charge in [-0.1, -0.05) is 38.1 Å². The van der Waals surface area contributed by atoms with Crippen LogP contribution in [-0.2, 0) is 4.79 Å². The van der Waals surface area contributed by atoms with Gasteiger partial charge in [-0.25, -0.2) is 4.98 Å². The lowest BCUT2D eigenvalue weighted by atomic mass is 9.69. The second-order valence-corrected chi connectivity index (χ2v) is 7.88. The smallest absolute Gasteiger partial charge is 0.232 e. The first kappa shape index (κ1) is 17.5. The molecule has 5 nitrogen and oxygen atoms in total. The van der Waals surface area contributed by atoms with E-state index in [0.29, 0.717) is 10.9 Å². The number of rotatable bonds is 4. The maximum Gasteiger partial charge on any atom is 0.232 e. The Bertz CT molecular complexity index is 983. The Morgan fingerprint density at radius 1 is 1.19 bits per heavy atom. The summed E-state index contributed by atoms with van der Waals surface area (Å²) in [5.74, 6) is 1.95. The molecule has 0 spiro atoms. The lowest BCUT2D eigenvalue weighted by molar-refractivity contribution is -0.124. The van der Waals surface area contributed by atoms with Gasteiger partial charge >= 0.3 is 0 Å². The molecule has 0 saturated heterocycles. The van der Waals surface area contributed by atoms with Crippen LogP contribution in [-0.4, -0.2) is 18.0 Å². The van der Waals surface area contributed by atoms with Crippen molar-refractivity contribution >= 4 is 22.4 Å². The van der Waals surface area contributed by atoms with Gasteiger partial charge in [0.2, 0.25) is 5.91 Å². The Kier molecular flexibility index (Phi) is 4.36. The van der Waals surface area contributed by atoms with E-state index in [1.165, 1.54) is 11.3 Å². The van der Waals surface area contributed by atoms with Crippen molar-refractivity contribution in [1.29, 1.82) is 0 Å². The summed E-state index contributed by atoms with van der Waals surface area (Å²) >= 11 is 1.41. The van der Waals surface area contributed by atoms with E-state index in [1.807, 2.05) is 61.7 Å². The Labute approximate surface area is 162 Å². The number of thiazole rings is 1.